The highest BCUT2D eigenvalue weighted by Gasteiger charge is 2.06. The minimum atomic E-state index is -0.334. The Morgan fingerprint density at radius 2 is 2.06 bits per heavy atom. The van der Waals surface area contributed by atoms with Crippen molar-refractivity contribution >= 4 is 0 Å². The number of halogens is 1. The first-order valence-electron chi connectivity index (χ1n) is 5.02. The van der Waals surface area contributed by atoms with Gasteiger partial charge >= 0.3 is 0 Å². The molecule has 0 aliphatic rings. The summed E-state index contributed by atoms with van der Waals surface area (Å²) in [6, 6.07) is 6.60. The maximum absolute atomic E-state index is 13.7. The quantitative estimate of drug-likeness (QED) is 0.839. The molecule has 1 aromatic heterocycles. The number of aliphatic hydroxyl groups is 1. The minimum absolute atomic E-state index is 0.150. The molecule has 0 amide bonds. The first kappa shape index (κ1) is 10.8. The van der Waals surface area contributed by atoms with Crippen LogP contribution in [-0.2, 0) is 6.61 Å². The van der Waals surface area contributed by atoms with Gasteiger partial charge in [0.15, 0.2) is 0 Å². The summed E-state index contributed by atoms with van der Waals surface area (Å²) in [5.74, 6) is -0.334. The molecule has 0 radical (unpaired) electrons. The van der Waals surface area contributed by atoms with Crippen LogP contribution in [0, 0.1) is 12.7 Å². The molecule has 0 fully saturated rings. The Morgan fingerprint density at radius 1 is 1.25 bits per heavy atom. The SMILES string of the molecule is Cc1cncc(-c2ccc(CO)cc2F)c1. The summed E-state index contributed by atoms with van der Waals surface area (Å²) in [4.78, 5) is 4.03. The molecule has 0 bridgehead atoms. The Hall–Kier alpha value is -1.74. The number of hydrogen-bond donors (Lipinski definition) is 1. The molecule has 0 aliphatic heterocycles. The van der Waals surface area contributed by atoms with Gasteiger partial charge in [0.1, 0.15) is 5.82 Å². The molecule has 82 valence electrons. The maximum atomic E-state index is 13.7. The van der Waals surface area contributed by atoms with Gasteiger partial charge in [0.2, 0.25) is 0 Å². The summed E-state index contributed by atoms with van der Waals surface area (Å²) in [5, 5.41) is 8.89. The largest absolute Gasteiger partial charge is 0.392 e. The molecule has 0 spiro atoms. The van der Waals surface area contributed by atoms with Crippen molar-refractivity contribution in [2.24, 2.45) is 0 Å². The number of rotatable bonds is 2. The van der Waals surface area contributed by atoms with Gasteiger partial charge in [-0.15, -0.1) is 0 Å². The molecule has 1 heterocycles. The summed E-state index contributed by atoms with van der Waals surface area (Å²) in [6.45, 7) is 1.76. The van der Waals surface area contributed by atoms with E-state index < -0.39 is 0 Å². The van der Waals surface area contributed by atoms with E-state index in [9.17, 15) is 4.39 Å². The Balaban J connectivity index is 2.48. The van der Waals surface area contributed by atoms with E-state index >= 15 is 0 Å². The van der Waals surface area contributed by atoms with Gasteiger partial charge in [0.25, 0.3) is 0 Å². The van der Waals surface area contributed by atoms with Gasteiger partial charge in [0, 0.05) is 23.5 Å². The van der Waals surface area contributed by atoms with Crippen LogP contribution in [0.4, 0.5) is 4.39 Å². The van der Waals surface area contributed by atoms with E-state index in [0.717, 1.165) is 11.1 Å². The van der Waals surface area contributed by atoms with Gasteiger partial charge in [0.05, 0.1) is 6.61 Å². The van der Waals surface area contributed by atoms with Crippen molar-refractivity contribution in [3.63, 3.8) is 0 Å². The molecule has 0 atom stereocenters. The Morgan fingerprint density at radius 3 is 2.69 bits per heavy atom. The predicted octanol–water partition coefficient (Wildman–Crippen LogP) is 2.69. The Kier molecular flexibility index (Phi) is 2.97. The van der Waals surface area contributed by atoms with E-state index in [1.165, 1.54) is 6.07 Å². The fraction of sp³-hybridized carbons (Fsp3) is 0.154. The van der Waals surface area contributed by atoms with E-state index in [1.807, 2.05) is 13.0 Å². The second kappa shape index (κ2) is 4.41. The number of pyridine rings is 1. The minimum Gasteiger partial charge on any atom is -0.392 e. The average Bonchev–Trinajstić information content (AvgIpc) is 2.28. The van der Waals surface area contributed by atoms with E-state index in [0.29, 0.717) is 11.1 Å². The van der Waals surface area contributed by atoms with Crippen molar-refractivity contribution in [2.45, 2.75) is 13.5 Å². The zero-order chi connectivity index (χ0) is 11.5. The molecule has 2 aromatic rings. The highest BCUT2D eigenvalue weighted by molar-refractivity contribution is 5.64. The van der Waals surface area contributed by atoms with Gasteiger partial charge in [-0.05, 0) is 30.2 Å². The molecule has 2 nitrogen and oxygen atoms in total. The number of aliphatic hydroxyl groups excluding tert-OH is 1. The molecule has 3 heteroatoms. The number of aromatic nitrogens is 1. The van der Waals surface area contributed by atoms with Crippen molar-refractivity contribution in [3.8, 4) is 11.1 Å². The zero-order valence-electron chi connectivity index (χ0n) is 8.94. The van der Waals surface area contributed by atoms with E-state index in [2.05, 4.69) is 4.98 Å². The van der Waals surface area contributed by atoms with Crippen LogP contribution in [0.25, 0.3) is 11.1 Å². The highest BCUT2D eigenvalue weighted by Crippen LogP contribution is 2.23. The lowest BCUT2D eigenvalue weighted by atomic mass is 10.0. The first-order chi connectivity index (χ1) is 7.70. The molecular weight excluding hydrogens is 205 g/mol. The van der Waals surface area contributed by atoms with Crippen LogP contribution in [-0.4, -0.2) is 10.1 Å². The number of nitrogens with zero attached hydrogens (tertiary/aromatic N) is 1. The van der Waals surface area contributed by atoms with Gasteiger partial charge in [-0.25, -0.2) is 4.39 Å². The lowest BCUT2D eigenvalue weighted by Gasteiger charge is -2.05. The second-order valence-electron chi connectivity index (χ2n) is 3.72. The molecule has 1 aromatic carbocycles. The zero-order valence-corrected chi connectivity index (χ0v) is 8.94. The first-order valence-corrected chi connectivity index (χ1v) is 5.02. The lowest BCUT2D eigenvalue weighted by molar-refractivity contribution is 0.281. The fourth-order valence-electron chi connectivity index (χ4n) is 1.59. The molecule has 0 saturated carbocycles. The number of aryl methyl sites for hydroxylation is 1. The molecule has 2 rings (SSSR count). The van der Waals surface area contributed by atoms with Crippen LogP contribution >= 0.6 is 0 Å². The lowest BCUT2D eigenvalue weighted by Crippen LogP contribution is -1.90. The van der Waals surface area contributed by atoms with E-state index in [-0.39, 0.29) is 12.4 Å². The molecule has 1 N–H and O–H groups in total. The highest BCUT2D eigenvalue weighted by atomic mass is 19.1. The predicted molar refractivity (Wildman–Crippen MR) is 60.3 cm³/mol. The van der Waals surface area contributed by atoms with Gasteiger partial charge in [-0.3, -0.25) is 4.98 Å². The van der Waals surface area contributed by atoms with Crippen LogP contribution in [0.5, 0.6) is 0 Å². The summed E-state index contributed by atoms with van der Waals surface area (Å²) in [7, 11) is 0. The van der Waals surface area contributed by atoms with Crippen molar-refractivity contribution in [1.82, 2.24) is 4.98 Å². The normalized spacial score (nSPS) is 10.4. The molecule has 0 saturated heterocycles. The summed E-state index contributed by atoms with van der Waals surface area (Å²) >= 11 is 0. The maximum Gasteiger partial charge on any atom is 0.131 e. The number of benzene rings is 1. The monoisotopic (exact) mass is 217 g/mol. The van der Waals surface area contributed by atoms with Gasteiger partial charge in [-0.2, -0.15) is 0 Å². The van der Waals surface area contributed by atoms with E-state index in [4.69, 9.17) is 5.11 Å². The van der Waals surface area contributed by atoms with Gasteiger partial charge in [-0.1, -0.05) is 12.1 Å². The topological polar surface area (TPSA) is 33.1 Å². The number of hydrogen-bond acceptors (Lipinski definition) is 2. The molecule has 0 unspecified atom stereocenters. The van der Waals surface area contributed by atoms with E-state index in [1.54, 1.807) is 24.5 Å². The second-order valence-corrected chi connectivity index (χ2v) is 3.72. The van der Waals surface area contributed by atoms with Crippen molar-refractivity contribution in [3.05, 3.63) is 53.6 Å². The summed E-state index contributed by atoms with van der Waals surface area (Å²) in [6.07, 6.45) is 3.35. The van der Waals surface area contributed by atoms with Crippen LogP contribution in [0.3, 0.4) is 0 Å². The third-order valence-electron chi connectivity index (χ3n) is 2.40. The van der Waals surface area contributed by atoms with Crippen LogP contribution in [0.2, 0.25) is 0 Å². The third-order valence-corrected chi connectivity index (χ3v) is 2.40. The van der Waals surface area contributed by atoms with Crippen LogP contribution in [0.15, 0.2) is 36.7 Å². The van der Waals surface area contributed by atoms with Crippen LogP contribution < -0.4 is 0 Å². The third kappa shape index (κ3) is 2.09. The summed E-state index contributed by atoms with van der Waals surface area (Å²) < 4.78 is 13.7. The summed E-state index contributed by atoms with van der Waals surface area (Å²) in [5.41, 5.74) is 2.82. The Labute approximate surface area is 93.4 Å². The van der Waals surface area contributed by atoms with Crippen molar-refractivity contribution in [1.29, 1.82) is 0 Å². The fourth-order valence-corrected chi connectivity index (χ4v) is 1.59. The van der Waals surface area contributed by atoms with Crippen molar-refractivity contribution in [2.75, 3.05) is 0 Å². The smallest absolute Gasteiger partial charge is 0.131 e. The van der Waals surface area contributed by atoms with Gasteiger partial charge < -0.3 is 5.11 Å². The van der Waals surface area contributed by atoms with Crippen molar-refractivity contribution < 1.29 is 9.50 Å². The molecular formula is C13H12FNO. The molecule has 16 heavy (non-hydrogen) atoms. The Bertz CT molecular complexity index is 511. The standard InChI is InChI=1S/C13H12FNO/c1-9-4-11(7-15-6-9)12-3-2-10(8-16)5-13(12)14/h2-7,16H,8H2,1H3. The average molecular weight is 217 g/mol. The molecule has 0 aliphatic carbocycles. The van der Waals surface area contributed by atoms with Crippen LogP contribution in [0.1, 0.15) is 11.1 Å².